The fourth-order valence-electron chi connectivity index (χ4n) is 3.92. The molecule has 8 heteroatoms. The lowest BCUT2D eigenvalue weighted by molar-refractivity contribution is 0.177. The summed E-state index contributed by atoms with van der Waals surface area (Å²) in [6.45, 7) is 7.35. The van der Waals surface area contributed by atoms with Crippen LogP contribution in [0.15, 0.2) is 52.7 Å². The van der Waals surface area contributed by atoms with Crippen LogP contribution in [0.5, 0.6) is 0 Å². The molecule has 156 valence electrons. The Morgan fingerprint density at radius 3 is 2.62 bits per heavy atom. The Hall–Kier alpha value is -2.05. The van der Waals surface area contributed by atoms with Gasteiger partial charge in [0.25, 0.3) is 0 Å². The molecule has 3 aliphatic rings. The molecule has 4 rings (SSSR count). The molecule has 0 spiro atoms. The van der Waals surface area contributed by atoms with Crippen molar-refractivity contribution in [3.8, 4) is 0 Å². The number of halogens is 4. The van der Waals surface area contributed by atoms with Gasteiger partial charge in [-0.2, -0.15) is 0 Å². The largest absolute Gasteiger partial charge is 0.364 e. The lowest BCUT2D eigenvalue weighted by Gasteiger charge is -2.39. The maximum Gasteiger partial charge on any atom is 0.321 e. The van der Waals surface area contributed by atoms with Crippen LogP contribution < -0.4 is 5.32 Å². The van der Waals surface area contributed by atoms with Crippen molar-refractivity contribution in [1.82, 2.24) is 9.80 Å². The maximum atomic E-state index is 13.4. The van der Waals surface area contributed by atoms with Gasteiger partial charge in [-0.25, -0.2) is 13.6 Å². The highest BCUT2D eigenvalue weighted by Gasteiger charge is 2.38. The Kier molecular flexibility index (Phi) is 6.85. The lowest BCUT2D eigenvalue weighted by atomic mass is 9.94. The van der Waals surface area contributed by atoms with E-state index < -0.39 is 11.6 Å². The summed E-state index contributed by atoms with van der Waals surface area (Å²) in [5.41, 5.74) is 0.943. The van der Waals surface area contributed by atoms with Gasteiger partial charge in [0.2, 0.25) is 0 Å². The normalized spacial score (nSPS) is 22.9. The number of rotatable bonds is 4. The van der Waals surface area contributed by atoms with Crippen molar-refractivity contribution in [1.29, 1.82) is 0 Å². The van der Waals surface area contributed by atoms with Crippen LogP contribution in [0, 0.1) is 17.6 Å². The molecule has 0 saturated carbocycles. The second-order valence-corrected chi connectivity index (χ2v) is 8.07. The minimum Gasteiger partial charge on any atom is -0.364 e. The van der Waals surface area contributed by atoms with Crippen LogP contribution in [0.1, 0.15) is 19.8 Å². The molecular formula is C21H23Cl2F2N3O. The Morgan fingerprint density at radius 2 is 1.97 bits per heavy atom. The zero-order valence-corrected chi connectivity index (χ0v) is 17.6. The number of hydrogen-bond donors (Lipinski definition) is 1. The highest BCUT2D eigenvalue weighted by Crippen LogP contribution is 2.36. The van der Waals surface area contributed by atoms with Crippen molar-refractivity contribution >= 4 is 34.9 Å². The summed E-state index contributed by atoms with van der Waals surface area (Å²) >= 11 is 12.8. The smallest absolute Gasteiger partial charge is 0.321 e. The summed E-state index contributed by atoms with van der Waals surface area (Å²) in [6, 6.07) is 3.01. The van der Waals surface area contributed by atoms with Crippen LogP contribution in [0.2, 0.25) is 0 Å². The second kappa shape index (κ2) is 9.18. The van der Waals surface area contributed by atoms with Crippen LogP contribution >= 0.6 is 23.2 Å². The molecule has 3 aliphatic heterocycles. The molecule has 2 bridgehead atoms. The number of carbonyl (C=O) groups is 1. The van der Waals surface area contributed by atoms with Crippen LogP contribution in [0.3, 0.4) is 0 Å². The van der Waals surface area contributed by atoms with E-state index in [1.54, 1.807) is 17.1 Å². The SMILES string of the molecule is C=C/C(Cl)=C(\C(Cl)=C/C)N1CC2CCC1CN(C(=O)Nc1ccc(F)c(F)c1)C2. The van der Waals surface area contributed by atoms with Crippen molar-refractivity contribution in [2.45, 2.75) is 25.8 Å². The summed E-state index contributed by atoms with van der Waals surface area (Å²) < 4.78 is 26.6. The van der Waals surface area contributed by atoms with Gasteiger partial charge < -0.3 is 15.1 Å². The minimum absolute atomic E-state index is 0.0434. The topological polar surface area (TPSA) is 35.6 Å². The first kappa shape index (κ1) is 21.7. The van der Waals surface area contributed by atoms with Crippen molar-refractivity contribution in [3.63, 3.8) is 0 Å². The zero-order chi connectivity index (χ0) is 21.1. The van der Waals surface area contributed by atoms with E-state index in [0.717, 1.165) is 37.2 Å². The van der Waals surface area contributed by atoms with Crippen molar-refractivity contribution in [2.24, 2.45) is 5.92 Å². The van der Waals surface area contributed by atoms with Gasteiger partial charge in [-0.15, -0.1) is 0 Å². The molecule has 4 nitrogen and oxygen atoms in total. The number of nitrogens with zero attached hydrogens (tertiary/aromatic N) is 2. The van der Waals surface area contributed by atoms with Gasteiger partial charge in [0.05, 0.1) is 15.8 Å². The number of carbonyl (C=O) groups excluding carboxylic acids is 1. The standard InChI is InChI=1S/C21H23Cl2F2N3O/c1-3-16(22)20(17(23)4-2)28-11-13-5-7-15(28)12-27(10-13)21(29)26-14-6-8-18(24)19(25)9-14/h3-4,6,8-9,13,15H,1,5,7,10-12H2,2H3,(H,26,29)/b17-4+,20-16-. The van der Waals surface area contributed by atoms with E-state index in [1.165, 1.54) is 6.07 Å². The molecule has 3 saturated heterocycles. The van der Waals surface area contributed by atoms with Crippen molar-refractivity contribution in [2.75, 3.05) is 25.0 Å². The monoisotopic (exact) mass is 441 g/mol. The first-order valence-electron chi connectivity index (χ1n) is 9.46. The number of nitrogens with one attached hydrogen (secondary N) is 1. The van der Waals surface area contributed by atoms with Gasteiger partial charge in [-0.05, 0) is 43.9 Å². The highest BCUT2D eigenvalue weighted by molar-refractivity contribution is 6.36. The average Bonchev–Trinajstić information content (AvgIpc) is 3.03. The van der Waals surface area contributed by atoms with Gasteiger partial charge in [0.1, 0.15) is 0 Å². The van der Waals surface area contributed by atoms with E-state index in [-0.39, 0.29) is 23.7 Å². The molecule has 0 aliphatic carbocycles. The summed E-state index contributed by atoms with van der Waals surface area (Å²) in [5, 5.41) is 3.67. The predicted octanol–water partition coefficient (Wildman–Crippen LogP) is 5.67. The van der Waals surface area contributed by atoms with E-state index in [1.807, 2.05) is 6.92 Å². The molecule has 2 unspecified atom stereocenters. The molecule has 3 fully saturated rings. The zero-order valence-electron chi connectivity index (χ0n) is 16.1. The molecular weight excluding hydrogens is 419 g/mol. The van der Waals surface area contributed by atoms with E-state index >= 15 is 0 Å². The number of anilines is 1. The number of piperidine rings is 1. The highest BCUT2D eigenvalue weighted by atomic mass is 35.5. The fourth-order valence-corrected chi connectivity index (χ4v) is 4.39. The first-order chi connectivity index (χ1) is 13.8. The molecule has 1 aromatic rings. The molecule has 0 aromatic heterocycles. The quantitative estimate of drug-likeness (QED) is 0.610. The Bertz CT molecular complexity index is 871. The van der Waals surface area contributed by atoms with Gasteiger partial charge in [-0.3, -0.25) is 0 Å². The van der Waals surface area contributed by atoms with Gasteiger partial charge >= 0.3 is 6.03 Å². The van der Waals surface area contributed by atoms with E-state index in [4.69, 9.17) is 23.2 Å². The summed E-state index contributed by atoms with van der Waals surface area (Å²) in [5.74, 6) is -1.71. The molecule has 1 N–H and O–H groups in total. The molecule has 2 amide bonds. The molecule has 1 aromatic carbocycles. The Morgan fingerprint density at radius 1 is 1.21 bits per heavy atom. The summed E-state index contributed by atoms with van der Waals surface area (Å²) in [7, 11) is 0. The van der Waals surface area contributed by atoms with Crippen LogP contribution in [0.4, 0.5) is 19.3 Å². The first-order valence-corrected chi connectivity index (χ1v) is 10.2. The number of fused-ring (bicyclic) bond motifs is 4. The third-order valence-electron chi connectivity index (χ3n) is 5.34. The van der Waals surface area contributed by atoms with Crippen molar-refractivity contribution in [3.05, 3.63) is 64.3 Å². The number of amides is 2. The van der Waals surface area contributed by atoms with E-state index in [0.29, 0.717) is 23.2 Å². The van der Waals surface area contributed by atoms with Crippen LogP contribution in [-0.4, -0.2) is 41.5 Å². The summed E-state index contributed by atoms with van der Waals surface area (Å²) in [4.78, 5) is 16.7. The van der Waals surface area contributed by atoms with E-state index in [2.05, 4.69) is 16.8 Å². The maximum absolute atomic E-state index is 13.4. The van der Waals surface area contributed by atoms with Gasteiger partial charge in [0, 0.05) is 37.4 Å². The molecule has 29 heavy (non-hydrogen) atoms. The minimum atomic E-state index is -1.00. The van der Waals surface area contributed by atoms with Crippen LogP contribution in [-0.2, 0) is 0 Å². The third-order valence-corrected chi connectivity index (χ3v) is 6.07. The number of hydrogen-bond acceptors (Lipinski definition) is 2. The third kappa shape index (κ3) is 4.75. The number of allylic oxidation sites excluding steroid dienone is 4. The molecule has 2 atom stereocenters. The molecule has 3 heterocycles. The number of urea groups is 1. The Labute approximate surface area is 179 Å². The summed E-state index contributed by atoms with van der Waals surface area (Å²) in [6.07, 6.45) is 5.24. The lowest BCUT2D eigenvalue weighted by Crippen LogP contribution is -2.44. The van der Waals surface area contributed by atoms with E-state index in [9.17, 15) is 13.6 Å². The average molecular weight is 442 g/mol. The van der Waals surface area contributed by atoms with Gasteiger partial charge in [0.15, 0.2) is 11.6 Å². The van der Waals surface area contributed by atoms with Gasteiger partial charge in [-0.1, -0.05) is 35.9 Å². The second-order valence-electron chi connectivity index (χ2n) is 7.25. The molecule has 0 radical (unpaired) electrons. The predicted molar refractivity (Wildman–Crippen MR) is 113 cm³/mol. The number of benzene rings is 1. The van der Waals surface area contributed by atoms with Crippen molar-refractivity contribution < 1.29 is 13.6 Å². The fraction of sp³-hybridized carbons (Fsp3) is 0.381. The Balaban J connectivity index is 1.80. The van der Waals surface area contributed by atoms with Crippen LogP contribution in [0.25, 0.3) is 0 Å².